The number of anilines is 2. The van der Waals surface area contributed by atoms with E-state index in [9.17, 15) is 21.2 Å². The summed E-state index contributed by atoms with van der Waals surface area (Å²) in [7, 11) is -7.10. The normalized spacial score (nSPS) is 11.7. The number of hydrogen-bond acceptors (Lipinski definition) is 5. The molecule has 0 saturated heterocycles. The van der Waals surface area contributed by atoms with Crippen LogP contribution in [0.1, 0.15) is 0 Å². The Balaban J connectivity index is 1.96. The second-order valence-electron chi connectivity index (χ2n) is 5.99. The molecular formula is C19H16ClFN2O5S2. The molecule has 30 heavy (non-hydrogen) atoms. The highest BCUT2D eigenvalue weighted by molar-refractivity contribution is 7.93. The van der Waals surface area contributed by atoms with Gasteiger partial charge >= 0.3 is 0 Å². The molecule has 0 fully saturated rings. The van der Waals surface area contributed by atoms with Gasteiger partial charge in [0.15, 0.2) is 0 Å². The van der Waals surface area contributed by atoms with E-state index < -0.39 is 30.8 Å². The van der Waals surface area contributed by atoms with Gasteiger partial charge in [0.25, 0.3) is 20.0 Å². The van der Waals surface area contributed by atoms with Crippen LogP contribution in [-0.4, -0.2) is 23.9 Å². The first-order valence-electron chi connectivity index (χ1n) is 8.37. The van der Waals surface area contributed by atoms with Crippen LogP contribution in [0.5, 0.6) is 5.75 Å². The van der Waals surface area contributed by atoms with Crippen molar-refractivity contribution < 1.29 is 26.0 Å². The number of nitrogens with one attached hydrogen (secondary N) is 2. The lowest BCUT2D eigenvalue weighted by molar-refractivity contribution is 0.417. The van der Waals surface area contributed by atoms with Crippen molar-refractivity contribution in [2.24, 2.45) is 0 Å². The first-order valence-corrected chi connectivity index (χ1v) is 11.7. The summed E-state index contributed by atoms with van der Waals surface area (Å²) < 4.78 is 74.1. The van der Waals surface area contributed by atoms with E-state index in [0.717, 1.165) is 18.2 Å². The summed E-state index contributed by atoms with van der Waals surface area (Å²) in [6.45, 7) is 0. The molecule has 2 N–H and O–H groups in total. The maximum atomic E-state index is 13.9. The molecule has 7 nitrogen and oxygen atoms in total. The molecule has 0 spiro atoms. The third kappa shape index (κ3) is 4.66. The third-order valence-corrected chi connectivity index (χ3v) is 7.21. The minimum Gasteiger partial charge on any atom is -0.495 e. The molecule has 0 aromatic heterocycles. The van der Waals surface area contributed by atoms with E-state index in [4.69, 9.17) is 16.3 Å². The fourth-order valence-corrected chi connectivity index (χ4v) is 5.30. The lowest BCUT2D eigenvalue weighted by Gasteiger charge is -2.14. The average molecular weight is 471 g/mol. The Morgan fingerprint density at radius 3 is 2.17 bits per heavy atom. The minimum absolute atomic E-state index is 0.108. The van der Waals surface area contributed by atoms with Crippen LogP contribution in [0.4, 0.5) is 15.8 Å². The summed E-state index contributed by atoms with van der Waals surface area (Å²) in [6, 6.07) is 14.7. The Labute approximate surface area is 178 Å². The number of rotatable bonds is 7. The van der Waals surface area contributed by atoms with Gasteiger partial charge in [-0.05, 0) is 42.5 Å². The van der Waals surface area contributed by atoms with Crippen LogP contribution in [0.3, 0.4) is 0 Å². The van der Waals surface area contributed by atoms with E-state index in [-0.39, 0.29) is 27.0 Å². The van der Waals surface area contributed by atoms with Crippen molar-refractivity contribution in [3.8, 4) is 5.75 Å². The van der Waals surface area contributed by atoms with Gasteiger partial charge in [-0.25, -0.2) is 21.2 Å². The molecule has 3 aromatic rings. The van der Waals surface area contributed by atoms with Crippen molar-refractivity contribution in [1.29, 1.82) is 0 Å². The molecule has 0 aliphatic carbocycles. The summed E-state index contributed by atoms with van der Waals surface area (Å²) >= 11 is 6.05. The van der Waals surface area contributed by atoms with Crippen molar-refractivity contribution in [3.05, 3.63) is 77.6 Å². The fourth-order valence-electron chi connectivity index (χ4n) is 2.57. The lowest BCUT2D eigenvalue weighted by atomic mass is 10.3. The number of halogens is 2. The highest BCUT2D eigenvalue weighted by Gasteiger charge is 2.23. The van der Waals surface area contributed by atoms with Crippen LogP contribution in [-0.2, 0) is 20.0 Å². The van der Waals surface area contributed by atoms with Gasteiger partial charge in [0, 0.05) is 0 Å². The van der Waals surface area contributed by atoms with Crippen LogP contribution in [0, 0.1) is 5.82 Å². The average Bonchev–Trinajstić information content (AvgIpc) is 2.69. The zero-order valence-electron chi connectivity index (χ0n) is 15.5. The van der Waals surface area contributed by atoms with Gasteiger partial charge in [0.2, 0.25) is 0 Å². The maximum absolute atomic E-state index is 13.9. The van der Waals surface area contributed by atoms with Crippen LogP contribution < -0.4 is 14.2 Å². The van der Waals surface area contributed by atoms with E-state index in [0.29, 0.717) is 0 Å². The molecule has 0 amide bonds. The smallest absolute Gasteiger partial charge is 0.264 e. The van der Waals surface area contributed by atoms with Crippen molar-refractivity contribution >= 4 is 43.0 Å². The Bertz CT molecular complexity index is 1300. The standard InChI is InChI=1S/C19H16ClFN2O5S2/c1-28-17-8-4-3-7-16(17)23-30(26,27)19-12-13(10-11-14(19)20)22-29(24,25)18-9-5-2-6-15(18)21/h2-12,22-23H,1H3. The summed E-state index contributed by atoms with van der Waals surface area (Å²) in [5, 5.41) is -0.133. The predicted octanol–water partition coefficient (Wildman–Crippen LogP) is 4.09. The summed E-state index contributed by atoms with van der Waals surface area (Å²) in [4.78, 5) is -0.944. The zero-order valence-corrected chi connectivity index (χ0v) is 17.9. The Hall–Kier alpha value is -2.82. The van der Waals surface area contributed by atoms with Crippen molar-refractivity contribution in [1.82, 2.24) is 0 Å². The number of ether oxygens (including phenoxy) is 1. The van der Waals surface area contributed by atoms with Crippen LogP contribution in [0.2, 0.25) is 5.02 Å². The number of sulfonamides is 2. The Morgan fingerprint density at radius 2 is 1.47 bits per heavy atom. The van der Waals surface area contributed by atoms with Gasteiger partial charge in [-0.3, -0.25) is 9.44 Å². The Kier molecular flexibility index (Phi) is 6.20. The van der Waals surface area contributed by atoms with Gasteiger partial charge < -0.3 is 4.74 Å². The molecule has 158 valence electrons. The quantitative estimate of drug-likeness (QED) is 0.541. The van der Waals surface area contributed by atoms with Gasteiger partial charge in [-0.1, -0.05) is 35.9 Å². The van der Waals surface area contributed by atoms with E-state index in [2.05, 4.69) is 9.44 Å². The molecule has 0 aliphatic rings. The molecule has 3 rings (SSSR count). The van der Waals surface area contributed by atoms with Gasteiger partial charge in [0.1, 0.15) is 21.4 Å². The monoisotopic (exact) mass is 470 g/mol. The predicted molar refractivity (Wildman–Crippen MR) is 112 cm³/mol. The second-order valence-corrected chi connectivity index (χ2v) is 9.70. The second kappa shape index (κ2) is 8.50. The van der Waals surface area contributed by atoms with E-state index >= 15 is 0 Å². The largest absolute Gasteiger partial charge is 0.495 e. The maximum Gasteiger partial charge on any atom is 0.264 e. The molecule has 0 atom stereocenters. The van der Waals surface area contributed by atoms with Crippen LogP contribution >= 0.6 is 11.6 Å². The van der Waals surface area contributed by atoms with Crippen LogP contribution in [0.15, 0.2) is 76.5 Å². The summed E-state index contributed by atoms with van der Waals surface area (Å²) in [6.07, 6.45) is 0. The van der Waals surface area contributed by atoms with Gasteiger partial charge in [-0.2, -0.15) is 0 Å². The molecule has 11 heteroatoms. The summed E-state index contributed by atoms with van der Waals surface area (Å²) in [5.41, 5.74) is 0.0662. The zero-order chi connectivity index (χ0) is 21.9. The molecular weight excluding hydrogens is 455 g/mol. The third-order valence-electron chi connectivity index (χ3n) is 3.95. The number of hydrogen-bond donors (Lipinski definition) is 2. The highest BCUT2D eigenvalue weighted by Crippen LogP contribution is 2.31. The molecule has 0 aliphatic heterocycles. The molecule has 0 radical (unpaired) electrons. The van der Waals surface area contributed by atoms with Crippen molar-refractivity contribution in [2.75, 3.05) is 16.6 Å². The highest BCUT2D eigenvalue weighted by atomic mass is 35.5. The van der Waals surface area contributed by atoms with E-state index in [1.807, 2.05) is 0 Å². The minimum atomic E-state index is -4.29. The van der Waals surface area contributed by atoms with Gasteiger partial charge in [0.05, 0.1) is 23.5 Å². The van der Waals surface area contributed by atoms with E-state index in [1.54, 1.807) is 18.2 Å². The van der Waals surface area contributed by atoms with Crippen molar-refractivity contribution in [3.63, 3.8) is 0 Å². The number of methoxy groups -OCH3 is 1. The molecule has 0 unspecified atom stereocenters. The first-order chi connectivity index (χ1) is 14.1. The SMILES string of the molecule is COc1ccccc1NS(=O)(=O)c1cc(NS(=O)(=O)c2ccccc2F)ccc1Cl. The molecule has 0 bridgehead atoms. The molecule has 0 heterocycles. The topological polar surface area (TPSA) is 102 Å². The molecule has 0 saturated carbocycles. The van der Waals surface area contributed by atoms with Crippen LogP contribution in [0.25, 0.3) is 0 Å². The summed E-state index contributed by atoms with van der Waals surface area (Å²) in [5.74, 6) is -0.654. The number of benzene rings is 3. The van der Waals surface area contributed by atoms with Gasteiger partial charge in [-0.15, -0.1) is 0 Å². The van der Waals surface area contributed by atoms with Crippen molar-refractivity contribution in [2.45, 2.75) is 9.79 Å². The fraction of sp³-hybridized carbons (Fsp3) is 0.0526. The first kappa shape index (κ1) is 21.9. The van der Waals surface area contributed by atoms with E-state index in [1.165, 1.54) is 37.4 Å². The lowest BCUT2D eigenvalue weighted by Crippen LogP contribution is -2.17. The number of para-hydroxylation sites is 2. The Morgan fingerprint density at radius 1 is 0.833 bits per heavy atom. The molecule has 3 aromatic carbocycles.